The lowest BCUT2D eigenvalue weighted by atomic mass is 10.2. The molecule has 1 heterocycles. The molecule has 3 nitrogen and oxygen atoms in total. The lowest BCUT2D eigenvalue weighted by Gasteiger charge is -1.90. The number of nitro groups is 1. The van der Waals surface area contributed by atoms with Crippen LogP contribution in [0.25, 0.3) is 10.1 Å². The topological polar surface area (TPSA) is 43.1 Å². The molecule has 0 bridgehead atoms. The van der Waals surface area contributed by atoms with E-state index in [1.165, 1.54) is 12.1 Å². The Bertz CT molecular complexity index is 521. The molecule has 0 atom stereocenters. The normalized spacial score (nSPS) is 10.7. The average Bonchev–Trinajstić information content (AvgIpc) is 2.44. The van der Waals surface area contributed by atoms with Crippen molar-refractivity contribution >= 4 is 26.4 Å². The van der Waals surface area contributed by atoms with E-state index in [2.05, 4.69) is 0 Å². The number of nitrogens with zero attached hydrogens (tertiary/aromatic N) is 1. The number of benzene rings is 1. The number of thiophene rings is 1. The SMILES string of the molecule is Cc1c([N+](=O)[O-])sc2ccc(F)cc12. The zero-order valence-electron chi connectivity index (χ0n) is 7.28. The van der Waals surface area contributed by atoms with Gasteiger partial charge in [-0.25, -0.2) is 4.39 Å². The van der Waals surface area contributed by atoms with Crippen LogP contribution in [0.4, 0.5) is 9.39 Å². The molecule has 0 saturated carbocycles. The Kier molecular flexibility index (Phi) is 1.96. The van der Waals surface area contributed by atoms with Crippen LogP contribution >= 0.6 is 11.3 Å². The largest absolute Gasteiger partial charge is 0.328 e. The highest BCUT2D eigenvalue weighted by molar-refractivity contribution is 7.22. The van der Waals surface area contributed by atoms with Crippen LogP contribution in [0.5, 0.6) is 0 Å². The Morgan fingerprint density at radius 3 is 2.86 bits per heavy atom. The van der Waals surface area contributed by atoms with E-state index in [1.807, 2.05) is 0 Å². The Morgan fingerprint density at radius 2 is 2.21 bits per heavy atom. The molecule has 72 valence electrons. The number of aryl methyl sites for hydroxylation is 1. The van der Waals surface area contributed by atoms with Gasteiger partial charge in [0.05, 0.1) is 4.92 Å². The van der Waals surface area contributed by atoms with E-state index >= 15 is 0 Å². The van der Waals surface area contributed by atoms with Gasteiger partial charge in [-0.05, 0) is 25.1 Å². The summed E-state index contributed by atoms with van der Waals surface area (Å²) in [5.74, 6) is -0.367. The predicted molar refractivity (Wildman–Crippen MR) is 53.2 cm³/mol. The molecule has 0 aliphatic carbocycles. The van der Waals surface area contributed by atoms with Gasteiger partial charge in [0.15, 0.2) is 0 Å². The van der Waals surface area contributed by atoms with Gasteiger partial charge in [0.25, 0.3) is 0 Å². The van der Waals surface area contributed by atoms with Gasteiger partial charge in [-0.2, -0.15) is 0 Å². The molecule has 0 spiro atoms. The molecule has 2 aromatic rings. The molecule has 0 aliphatic heterocycles. The van der Waals surface area contributed by atoms with E-state index < -0.39 is 4.92 Å². The summed E-state index contributed by atoms with van der Waals surface area (Å²) < 4.78 is 13.6. The highest BCUT2D eigenvalue weighted by Gasteiger charge is 2.17. The van der Waals surface area contributed by atoms with Crippen molar-refractivity contribution in [3.05, 3.63) is 39.7 Å². The van der Waals surface area contributed by atoms with Crippen LogP contribution in [0.2, 0.25) is 0 Å². The summed E-state index contributed by atoms with van der Waals surface area (Å²) >= 11 is 1.07. The van der Waals surface area contributed by atoms with Crippen LogP contribution in [-0.2, 0) is 0 Å². The summed E-state index contributed by atoms with van der Waals surface area (Å²) in [4.78, 5) is 10.2. The minimum absolute atomic E-state index is 0.0885. The first-order valence-corrected chi connectivity index (χ1v) is 4.74. The van der Waals surface area contributed by atoms with Crippen LogP contribution in [0, 0.1) is 22.9 Å². The standard InChI is InChI=1S/C9H6FNO2S/c1-5-7-4-6(10)2-3-8(7)14-9(5)11(12)13/h2-4H,1H3. The zero-order valence-corrected chi connectivity index (χ0v) is 8.10. The second-order valence-electron chi connectivity index (χ2n) is 2.93. The first-order chi connectivity index (χ1) is 6.59. The van der Waals surface area contributed by atoms with Crippen molar-refractivity contribution in [3.8, 4) is 0 Å². The van der Waals surface area contributed by atoms with Crippen molar-refractivity contribution < 1.29 is 9.31 Å². The van der Waals surface area contributed by atoms with Gasteiger partial charge >= 0.3 is 5.00 Å². The maximum Gasteiger partial charge on any atom is 0.328 e. The Hall–Kier alpha value is -1.49. The molecule has 14 heavy (non-hydrogen) atoms. The van der Waals surface area contributed by atoms with E-state index in [-0.39, 0.29) is 10.8 Å². The third-order valence-corrected chi connectivity index (χ3v) is 3.26. The van der Waals surface area contributed by atoms with Crippen molar-refractivity contribution in [2.24, 2.45) is 0 Å². The van der Waals surface area contributed by atoms with Gasteiger partial charge in [0.1, 0.15) is 5.82 Å². The first-order valence-electron chi connectivity index (χ1n) is 3.92. The molecule has 5 heteroatoms. The fraction of sp³-hybridized carbons (Fsp3) is 0.111. The van der Waals surface area contributed by atoms with Crippen molar-refractivity contribution in [2.75, 3.05) is 0 Å². The van der Waals surface area contributed by atoms with E-state index in [0.717, 1.165) is 16.0 Å². The quantitative estimate of drug-likeness (QED) is 0.536. The Labute approximate surface area is 82.9 Å². The van der Waals surface area contributed by atoms with Crippen LogP contribution in [-0.4, -0.2) is 4.92 Å². The van der Waals surface area contributed by atoms with Gasteiger partial charge in [0, 0.05) is 15.6 Å². The fourth-order valence-electron chi connectivity index (χ4n) is 1.35. The van der Waals surface area contributed by atoms with Gasteiger partial charge < -0.3 is 0 Å². The van der Waals surface area contributed by atoms with Gasteiger partial charge in [-0.15, -0.1) is 0 Å². The van der Waals surface area contributed by atoms with E-state index in [4.69, 9.17) is 0 Å². The Morgan fingerprint density at radius 1 is 1.50 bits per heavy atom. The molecule has 2 rings (SSSR count). The third kappa shape index (κ3) is 1.26. The molecule has 1 aromatic carbocycles. The Balaban J connectivity index is 2.80. The second-order valence-corrected chi connectivity index (χ2v) is 3.96. The molecule has 0 radical (unpaired) electrons. The summed E-state index contributed by atoms with van der Waals surface area (Å²) in [5, 5.41) is 11.3. The molecule has 0 amide bonds. The molecular formula is C9H6FNO2S. The maximum absolute atomic E-state index is 12.9. The maximum atomic E-state index is 12.9. The highest BCUT2D eigenvalue weighted by Crippen LogP contribution is 2.36. The number of halogens is 1. The van der Waals surface area contributed by atoms with Crippen molar-refractivity contribution in [3.63, 3.8) is 0 Å². The van der Waals surface area contributed by atoms with Crippen LogP contribution in [0.3, 0.4) is 0 Å². The molecule has 0 unspecified atom stereocenters. The molecule has 0 N–H and O–H groups in total. The van der Waals surface area contributed by atoms with Crippen molar-refractivity contribution in [2.45, 2.75) is 6.92 Å². The van der Waals surface area contributed by atoms with Crippen molar-refractivity contribution in [1.29, 1.82) is 0 Å². The lowest BCUT2D eigenvalue weighted by Crippen LogP contribution is -1.85. The highest BCUT2D eigenvalue weighted by atomic mass is 32.1. The van der Waals surface area contributed by atoms with Gasteiger partial charge in [-0.1, -0.05) is 11.3 Å². The number of fused-ring (bicyclic) bond motifs is 1. The van der Waals surface area contributed by atoms with Gasteiger partial charge in [-0.3, -0.25) is 10.1 Å². The number of hydrogen-bond donors (Lipinski definition) is 0. The minimum atomic E-state index is -0.433. The summed E-state index contributed by atoms with van der Waals surface area (Å²) in [7, 11) is 0. The average molecular weight is 211 g/mol. The fourth-order valence-corrected chi connectivity index (χ4v) is 2.36. The number of rotatable bonds is 1. The summed E-state index contributed by atoms with van der Waals surface area (Å²) in [5.41, 5.74) is 0.537. The predicted octanol–water partition coefficient (Wildman–Crippen LogP) is 3.26. The monoisotopic (exact) mass is 211 g/mol. The van der Waals surface area contributed by atoms with Crippen LogP contribution < -0.4 is 0 Å². The van der Waals surface area contributed by atoms with Crippen molar-refractivity contribution in [1.82, 2.24) is 0 Å². The molecule has 0 aliphatic rings. The van der Waals surface area contributed by atoms with E-state index in [0.29, 0.717) is 10.9 Å². The van der Waals surface area contributed by atoms with Crippen LogP contribution in [0.15, 0.2) is 18.2 Å². The zero-order chi connectivity index (χ0) is 10.3. The smallest absolute Gasteiger partial charge is 0.258 e. The number of hydrogen-bond acceptors (Lipinski definition) is 3. The molecule has 0 saturated heterocycles. The van der Waals surface area contributed by atoms with Gasteiger partial charge in [0.2, 0.25) is 0 Å². The molecular weight excluding hydrogens is 205 g/mol. The molecule has 1 aromatic heterocycles. The lowest BCUT2D eigenvalue weighted by molar-refractivity contribution is -0.380. The summed E-state index contributed by atoms with van der Waals surface area (Å²) in [6.45, 7) is 1.64. The first kappa shape index (κ1) is 9.08. The second kappa shape index (κ2) is 3.02. The molecule has 0 fully saturated rings. The van der Waals surface area contributed by atoms with Crippen LogP contribution in [0.1, 0.15) is 5.56 Å². The van der Waals surface area contributed by atoms with E-state index in [9.17, 15) is 14.5 Å². The minimum Gasteiger partial charge on any atom is -0.258 e. The summed E-state index contributed by atoms with van der Waals surface area (Å²) in [6.07, 6.45) is 0. The van der Waals surface area contributed by atoms with E-state index in [1.54, 1.807) is 13.0 Å². The third-order valence-electron chi connectivity index (χ3n) is 2.04. The summed E-state index contributed by atoms with van der Waals surface area (Å²) in [6, 6.07) is 4.20.